The van der Waals surface area contributed by atoms with Gasteiger partial charge in [-0.1, -0.05) is 24.3 Å². The summed E-state index contributed by atoms with van der Waals surface area (Å²) in [5, 5.41) is 5.80. The second-order valence-corrected chi connectivity index (χ2v) is 10.6. The minimum atomic E-state index is -3.45. The summed E-state index contributed by atoms with van der Waals surface area (Å²) in [6.07, 6.45) is 5.46. The molecule has 2 aromatic rings. The van der Waals surface area contributed by atoms with Gasteiger partial charge in [-0.3, -0.25) is 9.59 Å². The molecule has 0 atom stereocenters. The first kappa shape index (κ1) is 24.2. The van der Waals surface area contributed by atoms with Gasteiger partial charge in [0.05, 0.1) is 4.90 Å². The largest absolute Gasteiger partial charge is 0.484 e. The van der Waals surface area contributed by atoms with E-state index in [1.54, 1.807) is 24.3 Å². The molecule has 0 spiro atoms. The standard InChI is InChI=1S/C25H31N3O5S/c29-24(14-5-18-3-12-23(13-4-18)34(31,32)28-21-8-9-21)26-16-15-19-1-10-22(11-2-19)33-17-25(30)27-20-6-7-20/h1-4,10-13,20-21,28H,5-9,14-17H2,(H,26,29)(H,27,30). The van der Waals surface area contributed by atoms with Crippen molar-refractivity contribution < 1.29 is 22.7 Å². The minimum absolute atomic E-state index is 0.0157. The lowest BCUT2D eigenvalue weighted by Gasteiger charge is -2.09. The van der Waals surface area contributed by atoms with E-state index in [0.29, 0.717) is 37.6 Å². The molecule has 8 nitrogen and oxygen atoms in total. The number of nitrogens with one attached hydrogen (secondary N) is 3. The molecule has 3 N–H and O–H groups in total. The van der Waals surface area contributed by atoms with Crippen molar-refractivity contribution in [1.29, 1.82) is 0 Å². The van der Waals surface area contributed by atoms with Crippen molar-refractivity contribution in [2.24, 2.45) is 0 Å². The van der Waals surface area contributed by atoms with Crippen LogP contribution < -0.4 is 20.1 Å². The highest BCUT2D eigenvalue weighted by Crippen LogP contribution is 2.22. The Labute approximate surface area is 200 Å². The van der Waals surface area contributed by atoms with Crippen molar-refractivity contribution in [2.75, 3.05) is 13.2 Å². The highest BCUT2D eigenvalue weighted by Gasteiger charge is 2.27. The number of carbonyl (C=O) groups excluding carboxylic acids is 2. The van der Waals surface area contributed by atoms with Crippen molar-refractivity contribution in [3.05, 3.63) is 59.7 Å². The Balaban J connectivity index is 1.12. The van der Waals surface area contributed by atoms with E-state index in [1.165, 1.54) is 0 Å². The predicted molar refractivity (Wildman–Crippen MR) is 128 cm³/mol. The van der Waals surface area contributed by atoms with Crippen LogP contribution in [0.4, 0.5) is 0 Å². The Kier molecular flexibility index (Phi) is 7.84. The van der Waals surface area contributed by atoms with Crippen molar-refractivity contribution in [2.45, 2.75) is 61.9 Å². The number of sulfonamides is 1. The Bertz CT molecular complexity index is 1090. The number of hydrogen-bond acceptors (Lipinski definition) is 5. The van der Waals surface area contributed by atoms with Crippen molar-refractivity contribution in [1.82, 2.24) is 15.4 Å². The van der Waals surface area contributed by atoms with Crippen LogP contribution >= 0.6 is 0 Å². The second kappa shape index (κ2) is 11.0. The molecule has 0 radical (unpaired) electrons. The van der Waals surface area contributed by atoms with Crippen LogP contribution in [0.2, 0.25) is 0 Å². The van der Waals surface area contributed by atoms with E-state index in [4.69, 9.17) is 4.74 Å². The molecule has 2 aromatic carbocycles. The summed E-state index contributed by atoms with van der Waals surface area (Å²) in [7, 11) is -3.45. The van der Waals surface area contributed by atoms with Gasteiger partial charge in [-0.25, -0.2) is 13.1 Å². The fourth-order valence-electron chi connectivity index (χ4n) is 3.41. The third-order valence-corrected chi connectivity index (χ3v) is 7.28. The van der Waals surface area contributed by atoms with Crippen LogP contribution in [0, 0.1) is 0 Å². The average Bonchev–Trinajstić information content (AvgIpc) is 3.75. The summed E-state index contributed by atoms with van der Waals surface area (Å²) < 4.78 is 32.6. The van der Waals surface area contributed by atoms with Gasteiger partial charge in [0.2, 0.25) is 15.9 Å². The number of rotatable bonds is 13. The SMILES string of the molecule is O=C(CCc1ccc(S(=O)(=O)NC2CC2)cc1)NCCc1ccc(OCC(=O)NC2CC2)cc1. The van der Waals surface area contributed by atoms with Gasteiger partial charge in [-0.15, -0.1) is 0 Å². The highest BCUT2D eigenvalue weighted by atomic mass is 32.2. The van der Waals surface area contributed by atoms with E-state index >= 15 is 0 Å². The van der Waals surface area contributed by atoms with E-state index < -0.39 is 10.0 Å². The zero-order valence-corrected chi connectivity index (χ0v) is 19.9. The average molecular weight is 486 g/mol. The van der Waals surface area contributed by atoms with Crippen molar-refractivity contribution in [3.63, 3.8) is 0 Å². The van der Waals surface area contributed by atoms with Gasteiger partial charge in [0.1, 0.15) is 5.75 Å². The molecule has 0 bridgehead atoms. The fourth-order valence-corrected chi connectivity index (χ4v) is 4.72. The van der Waals surface area contributed by atoms with E-state index in [0.717, 1.165) is 36.8 Å². The number of amides is 2. The van der Waals surface area contributed by atoms with Crippen molar-refractivity contribution in [3.8, 4) is 5.75 Å². The quantitative estimate of drug-likeness (QED) is 0.402. The van der Waals surface area contributed by atoms with Gasteiger partial charge in [-0.05, 0) is 73.9 Å². The van der Waals surface area contributed by atoms with E-state index in [2.05, 4.69) is 15.4 Å². The molecule has 2 aliphatic carbocycles. The van der Waals surface area contributed by atoms with E-state index in [9.17, 15) is 18.0 Å². The van der Waals surface area contributed by atoms with Crippen LogP contribution in [0.3, 0.4) is 0 Å². The molecule has 34 heavy (non-hydrogen) atoms. The van der Waals surface area contributed by atoms with Crippen LogP contribution in [0.15, 0.2) is 53.4 Å². The number of benzene rings is 2. The lowest BCUT2D eigenvalue weighted by atomic mass is 10.1. The smallest absolute Gasteiger partial charge is 0.258 e. The molecule has 182 valence electrons. The Morgan fingerprint density at radius 1 is 0.824 bits per heavy atom. The van der Waals surface area contributed by atoms with Crippen molar-refractivity contribution >= 4 is 21.8 Å². The first-order valence-corrected chi connectivity index (χ1v) is 13.2. The third kappa shape index (κ3) is 7.85. The van der Waals surface area contributed by atoms with Gasteiger partial charge < -0.3 is 15.4 Å². The maximum absolute atomic E-state index is 12.2. The van der Waals surface area contributed by atoms with Crippen LogP contribution in [-0.2, 0) is 32.5 Å². The van der Waals surface area contributed by atoms with Gasteiger partial charge in [-0.2, -0.15) is 0 Å². The maximum Gasteiger partial charge on any atom is 0.258 e. The molecule has 4 rings (SSSR count). The topological polar surface area (TPSA) is 114 Å². The van der Waals surface area contributed by atoms with Crippen LogP contribution in [-0.4, -0.2) is 45.5 Å². The molecular formula is C25H31N3O5S. The number of ether oxygens (including phenoxy) is 1. The number of hydrogen-bond donors (Lipinski definition) is 3. The summed E-state index contributed by atoms with van der Waals surface area (Å²) in [5.41, 5.74) is 1.98. The summed E-state index contributed by atoms with van der Waals surface area (Å²) in [4.78, 5) is 24.1. The highest BCUT2D eigenvalue weighted by molar-refractivity contribution is 7.89. The lowest BCUT2D eigenvalue weighted by molar-refractivity contribution is -0.123. The summed E-state index contributed by atoms with van der Waals surface area (Å²) >= 11 is 0. The van der Waals surface area contributed by atoms with E-state index in [1.807, 2.05) is 24.3 Å². The molecule has 9 heteroatoms. The predicted octanol–water partition coefficient (Wildman–Crippen LogP) is 2.08. The van der Waals surface area contributed by atoms with Gasteiger partial charge in [0.15, 0.2) is 6.61 Å². The van der Waals surface area contributed by atoms with Crippen LogP contribution in [0.5, 0.6) is 5.75 Å². The normalized spacial score (nSPS) is 15.5. The van der Waals surface area contributed by atoms with Gasteiger partial charge in [0, 0.05) is 25.0 Å². The van der Waals surface area contributed by atoms with Gasteiger partial charge in [0.25, 0.3) is 5.91 Å². The summed E-state index contributed by atoms with van der Waals surface area (Å²) in [5.74, 6) is 0.496. The Morgan fingerprint density at radius 3 is 2.09 bits per heavy atom. The van der Waals surface area contributed by atoms with Crippen LogP contribution in [0.25, 0.3) is 0 Å². The molecule has 0 aromatic heterocycles. The molecule has 2 aliphatic rings. The molecule has 2 saturated carbocycles. The number of carbonyl (C=O) groups is 2. The first-order chi connectivity index (χ1) is 16.4. The molecule has 0 saturated heterocycles. The van der Waals surface area contributed by atoms with E-state index in [-0.39, 0.29) is 29.4 Å². The zero-order chi connectivity index (χ0) is 24.0. The molecule has 2 amide bonds. The molecule has 2 fully saturated rings. The second-order valence-electron chi connectivity index (χ2n) is 8.91. The van der Waals surface area contributed by atoms with Gasteiger partial charge >= 0.3 is 0 Å². The monoisotopic (exact) mass is 485 g/mol. The molecule has 0 heterocycles. The minimum Gasteiger partial charge on any atom is -0.484 e. The first-order valence-electron chi connectivity index (χ1n) is 11.8. The molecule has 0 aliphatic heterocycles. The lowest BCUT2D eigenvalue weighted by Crippen LogP contribution is -2.30. The molecule has 0 unspecified atom stereocenters. The Morgan fingerprint density at radius 2 is 1.44 bits per heavy atom. The fraction of sp³-hybridized carbons (Fsp3) is 0.440. The number of aryl methyl sites for hydroxylation is 1. The maximum atomic E-state index is 12.2. The third-order valence-electron chi connectivity index (χ3n) is 5.75. The summed E-state index contributed by atoms with van der Waals surface area (Å²) in [6.45, 7) is 0.536. The Hall–Kier alpha value is -2.91. The molecular weight excluding hydrogens is 454 g/mol. The van der Waals surface area contributed by atoms with Crippen LogP contribution in [0.1, 0.15) is 43.2 Å². The summed E-state index contributed by atoms with van der Waals surface area (Å²) in [6, 6.07) is 14.6. The zero-order valence-electron chi connectivity index (χ0n) is 19.1.